The van der Waals surface area contributed by atoms with E-state index in [-0.39, 0.29) is 27.5 Å². The molecule has 0 aliphatic carbocycles. The van der Waals surface area contributed by atoms with Gasteiger partial charge >= 0.3 is 0 Å². The predicted molar refractivity (Wildman–Crippen MR) is 179 cm³/mol. The standard InChI is InChI=1S/C30H35Cl4N5O2S/c1-2-3-4-5-6-7-8-9-10-11-12-13-26(40)36-21-14-15-22(32)25(18-21)37-29-27(35-19-42)30(41)39(38-29)28-23(33)16-20(31)17-24(28)34/h14-18,27H,2-13H2,1H3,(H,36,40)(H,37,38). The van der Waals surface area contributed by atoms with Crippen molar-refractivity contribution in [2.75, 3.05) is 10.3 Å². The van der Waals surface area contributed by atoms with Gasteiger partial charge < -0.3 is 5.32 Å². The first-order valence-electron chi connectivity index (χ1n) is 14.2. The Balaban J connectivity index is 1.58. The van der Waals surface area contributed by atoms with Crippen molar-refractivity contribution in [2.24, 2.45) is 9.98 Å². The van der Waals surface area contributed by atoms with Crippen LogP contribution in [0.3, 0.4) is 0 Å². The number of hydrogen-bond donors (Lipinski definition) is 2. The Morgan fingerprint density at radius 2 is 1.52 bits per heavy atom. The number of unbranched alkanes of at least 4 members (excludes halogenated alkanes) is 10. The number of halogens is 4. The number of carbonyl (C=O) groups is 2. The minimum absolute atomic E-state index is 0.0811. The third-order valence-electron chi connectivity index (χ3n) is 6.80. The highest BCUT2D eigenvalue weighted by Gasteiger charge is 2.40. The number of benzene rings is 2. The molecule has 3 rings (SSSR count). The quantitative estimate of drug-likeness (QED) is 0.106. The summed E-state index contributed by atoms with van der Waals surface area (Å²) < 4.78 is 0. The third kappa shape index (κ3) is 10.2. The summed E-state index contributed by atoms with van der Waals surface area (Å²) in [5.74, 6) is -0.474. The molecule has 1 heterocycles. The van der Waals surface area contributed by atoms with Gasteiger partial charge in [0.2, 0.25) is 5.91 Å². The zero-order valence-corrected chi connectivity index (χ0v) is 27.4. The highest BCUT2D eigenvalue weighted by molar-refractivity contribution is 7.78. The van der Waals surface area contributed by atoms with E-state index in [4.69, 9.17) is 58.6 Å². The molecule has 2 amide bonds. The molecule has 1 aliphatic heterocycles. The molecular formula is C30H35Cl4N5O2S. The molecule has 226 valence electrons. The number of hydrogen-bond acceptors (Lipinski definition) is 5. The van der Waals surface area contributed by atoms with Crippen molar-refractivity contribution in [1.29, 1.82) is 0 Å². The number of amidine groups is 1. The molecule has 0 bridgehead atoms. The number of nitrogens with one attached hydrogen (secondary N) is 2. The Kier molecular flexibility index (Phi) is 14.5. The number of aliphatic imine (C=N–C) groups is 2. The summed E-state index contributed by atoms with van der Waals surface area (Å²) in [7, 11) is 0. The third-order valence-corrected chi connectivity index (χ3v) is 8.02. The number of anilines is 2. The first kappa shape index (κ1) is 34.3. The summed E-state index contributed by atoms with van der Waals surface area (Å²) in [6.07, 6.45) is 13.9. The van der Waals surface area contributed by atoms with E-state index in [1.807, 2.05) is 0 Å². The van der Waals surface area contributed by atoms with Crippen LogP contribution < -0.4 is 15.8 Å². The van der Waals surface area contributed by atoms with E-state index in [9.17, 15) is 9.59 Å². The number of amides is 2. The van der Waals surface area contributed by atoms with Crippen molar-refractivity contribution >= 4 is 98.5 Å². The van der Waals surface area contributed by atoms with Gasteiger partial charge in [-0.1, -0.05) is 118 Å². The Hall–Kier alpha value is -2.19. The highest BCUT2D eigenvalue weighted by atomic mass is 35.5. The van der Waals surface area contributed by atoms with Crippen LogP contribution >= 0.6 is 58.6 Å². The molecule has 2 N–H and O–H groups in total. The van der Waals surface area contributed by atoms with E-state index < -0.39 is 11.9 Å². The molecule has 1 saturated heterocycles. The lowest BCUT2D eigenvalue weighted by atomic mass is 10.1. The van der Waals surface area contributed by atoms with Gasteiger partial charge in [0.15, 0.2) is 11.9 Å². The fourth-order valence-corrected chi connectivity index (χ4v) is 5.87. The minimum atomic E-state index is -1.12. The summed E-state index contributed by atoms with van der Waals surface area (Å²) >= 11 is 29.8. The van der Waals surface area contributed by atoms with Crippen LogP contribution in [-0.4, -0.2) is 28.9 Å². The first-order chi connectivity index (χ1) is 20.2. The fourth-order valence-electron chi connectivity index (χ4n) is 4.62. The molecule has 1 atom stereocenters. The van der Waals surface area contributed by atoms with Crippen molar-refractivity contribution in [3.05, 3.63) is 50.4 Å². The molecule has 0 saturated carbocycles. The molecule has 0 aromatic heterocycles. The predicted octanol–water partition coefficient (Wildman–Crippen LogP) is 9.99. The Bertz CT molecular complexity index is 1310. The molecule has 2 aromatic rings. The van der Waals surface area contributed by atoms with Gasteiger partial charge in [0.05, 0.1) is 25.9 Å². The zero-order valence-electron chi connectivity index (χ0n) is 23.5. The van der Waals surface area contributed by atoms with Gasteiger partial charge in [-0.2, -0.15) is 0 Å². The maximum absolute atomic E-state index is 13.2. The monoisotopic (exact) mass is 669 g/mol. The number of rotatable bonds is 16. The van der Waals surface area contributed by atoms with E-state index in [1.165, 1.54) is 63.5 Å². The SMILES string of the molecule is CCCCCCCCCCCCCC(=O)Nc1ccc(Cl)c(N=C2NN(c3c(Cl)cc(Cl)cc3Cl)C(=O)C2N=C=S)c1. The average molecular weight is 672 g/mol. The maximum Gasteiger partial charge on any atom is 0.279 e. The summed E-state index contributed by atoms with van der Waals surface area (Å²) in [6, 6.07) is 6.75. The number of isothiocyanates is 1. The zero-order chi connectivity index (χ0) is 30.5. The fraction of sp³-hybridized carbons (Fsp3) is 0.467. The van der Waals surface area contributed by atoms with Gasteiger partial charge in [-0.15, -0.1) is 0 Å². The van der Waals surface area contributed by atoms with Gasteiger partial charge in [0.25, 0.3) is 5.91 Å². The molecule has 7 nitrogen and oxygen atoms in total. The largest absolute Gasteiger partial charge is 0.326 e. The molecular weight excluding hydrogens is 636 g/mol. The van der Waals surface area contributed by atoms with E-state index in [1.54, 1.807) is 18.2 Å². The molecule has 0 radical (unpaired) electrons. The van der Waals surface area contributed by atoms with Crippen LogP contribution in [0, 0.1) is 0 Å². The van der Waals surface area contributed by atoms with Crippen LogP contribution in [0.15, 0.2) is 40.3 Å². The second-order valence-electron chi connectivity index (χ2n) is 10.1. The van der Waals surface area contributed by atoms with E-state index in [0.717, 1.165) is 24.3 Å². The molecule has 1 unspecified atom stereocenters. The number of nitrogens with zero attached hydrogens (tertiary/aromatic N) is 3. The van der Waals surface area contributed by atoms with Crippen molar-refractivity contribution < 1.29 is 9.59 Å². The summed E-state index contributed by atoms with van der Waals surface area (Å²) in [6.45, 7) is 2.24. The lowest BCUT2D eigenvalue weighted by Gasteiger charge is -2.19. The van der Waals surface area contributed by atoms with E-state index in [0.29, 0.717) is 27.8 Å². The normalized spacial score (nSPS) is 15.5. The van der Waals surface area contributed by atoms with Gasteiger partial charge in [0.1, 0.15) is 5.69 Å². The number of carbonyl (C=O) groups excluding carboxylic acids is 2. The molecule has 12 heteroatoms. The van der Waals surface area contributed by atoms with Crippen LogP contribution in [0.1, 0.15) is 84.0 Å². The second-order valence-corrected chi connectivity index (χ2v) is 12.0. The molecule has 1 fully saturated rings. The Morgan fingerprint density at radius 3 is 2.12 bits per heavy atom. The van der Waals surface area contributed by atoms with E-state index >= 15 is 0 Å². The molecule has 42 heavy (non-hydrogen) atoms. The first-order valence-corrected chi connectivity index (χ1v) is 16.2. The molecule has 0 spiro atoms. The topological polar surface area (TPSA) is 86.2 Å². The van der Waals surface area contributed by atoms with Crippen LogP contribution in [-0.2, 0) is 9.59 Å². The maximum atomic E-state index is 13.2. The van der Waals surface area contributed by atoms with Crippen molar-refractivity contribution in [3.63, 3.8) is 0 Å². The minimum Gasteiger partial charge on any atom is -0.326 e. The van der Waals surface area contributed by atoms with Crippen LogP contribution in [0.25, 0.3) is 0 Å². The average Bonchev–Trinajstić information content (AvgIpc) is 3.23. The summed E-state index contributed by atoms with van der Waals surface area (Å²) in [5, 5.41) is 7.20. The number of hydrazine groups is 1. The van der Waals surface area contributed by atoms with Gasteiger partial charge in [-0.05, 0) is 49.0 Å². The molecule has 2 aromatic carbocycles. The van der Waals surface area contributed by atoms with Gasteiger partial charge in [0, 0.05) is 17.1 Å². The van der Waals surface area contributed by atoms with Crippen LogP contribution in [0.5, 0.6) is 0 Å². The van der Waals surface area contributed by atoms with Crippen molar-refractivity contribution in [1.82, 2.24) is 5.43 Å². The van der Waals surface area contributed by atoms with Gasteiger partial charge in [-0.25, -0.2) is 15.0 Å². The van der Waals surface area contributed by atoms with E-state index in [2.05, 4.69) is 32.8 Å². The van der Waals surface area contributed by atoms with Crippen LogP contribution in [0.4, 0.5) is 17.1 Å². The summed E-state index contributed by atoms with van der Waals surface area (Å²) in [4.78, 5) is 34.3. The van der Waals surface area contributed by atoms with Crippen molar-refractivity contribution in [3.8, 4) is 0 Å². The lowest BCUT2D eigenvalue weighted by Crippen LogP contribution is -2.36. The second kappa shape index (κ2) is 17.8. The summed E-state index contributed by atoms with van der Waals surface area (Å²) in [5.41, 5.74) is 3.93. The Labute approximate surface area is 273 Å². The lowest BCUT2D eigenvalue weighted by molar-refractivity contribution is -0.118. The molecule has 1 aliphatic rings. The van der Waals surface area contributed by atoms with Crippen LogP contribution in [0.2, 0.25) is 20.1 Å². The van der Waals surface area contributed by atoms with Gasteiger partial charge in [-0.3, -0.25) is 15.0 Å². The number of thiocarbonyl (C=S) groups is 1. The van der Waals surface area contributed by atoms with Crippen molar-refractivity contribution in [2.45, 2.75) is 90.0 Å². The Morgan fingerprint density at radius 1 is 0.929 bits per heavy atom. The highest BCUT2D eigenvalue weighted by Crippen LogP contribution is 2.38. The smallest absolute Gasteiger partial charge is 0.279 e.